The highest BCUT2D eigenvalue weighted by atomic mass is 32.2. The molecule has 0 saturated heterocycles. The number of carbonyl (C=O) groups excluding carboxylic acids is 1. The molecule has 0 atom stereocenters. The molecular formula is C18H24N4O3S. The third-order valence-electron chi connectivity index (χ3n) is 3.94. The van der Waals surface area contributed by atoms with E-state index in [-0.39, 0.29) is 12.3 Å². The summed E-state index contributed by atoms with van der Waals surface area (Å²) in [6.45, 7) is 6.23. The van der Waals surface area contributed by atoms with E-state index in [0.717, 1.165) is 34.6 Å². The van der Waals surface area contributed by atoms with Gasteiger partial charge < -0.3 is 19.8 Å². The van der Waals surface area contributed by atoms with Crippen molar-refractivity contribution in [2.75, 3.05) is 13.2 Å². The van der Waals surface area contributed by atoms with Crippen LogP contribution >= 0.6 is 11.8 Å². The summed E-state index contributed by atoms with van der Waals surface area (Å²) in [6.07, 6.45) is 0.783. The fourth-order valence-corrected chi connectivity index (χ4v) is 3.73. The van der Waals surface area contributed by atoms with Gasteiger partial charge in [-0.25, -0.2) is 0 Å². The molecule has 0 saturated carbocycles. The number of para-hydroxylation sites is 1. The number of aryl methyl sites for hydroxylation is 1. The van der Waals surface area contributed by atoms with Gasteiger partial charge >= 0.3 is 0 Å². The molecule has 1 aliphatic heterocycles. The highest BCUT2D eigenvalue weighted by Gasteiger charge is 2.18. The molecule has 2 heterocycles. The van der Waals surface area contributed by atoms with Gasteiger partial charge in [-0.15, -0.1) is 10.2 Å². The summed E-state index contributed by atoms with van der Waals surface area (Å²) in [5.74, 6) is 3.23. The number of amides is 1. The Kier molecular flexibility index (Phi) is 6.03. The van der Waals surface area contributed by atoms with E-state index < -0.39 is 0 Å². The second-order valence-electron chi connectivity index (χ2n) is 6.60. The summed E-state index contributed by atoms with van der Waals surface area (Å²) < 4.78 is 13.5. The van der Waals surface area contributed by atoms with Crippen molar-refractivity contribution in [3.05, 3.63) is 29.6 Å². The Hall–Kier alpha value is -2.22. The Morgan fingerprint density at radius 2 is 2.12 bits per heavy atom. The lowest BCUT2D eigenvalue weighted by atomic mass is 10.2. The number of hydrogen-bond acceptors (Lipinski definition) is 6. The number of hydrogen-bond donors (Lipinski definition) is 1. The molecule has 2 aromatic rings. The first-order valence-corrected chi connectivity index (χ1v) is 9.74. The molecule has 0 bridgehead atoms. The molecule has 1 aromatic carbocycles. The maximum atomic E-state index is 11.1. The SMILES string of the molecule is CC(C)Cn1c(CCC(N)=O)nnc1SCc1cccc2c1OCCO2. The van der Waals surface area contributed by atoms with Crippen molar-refractivity contribution < 1.29 is 14.3 Å². The first kappa shape index (κ1) is 18.6. The van der Waals surface area contributed by atoms with Gasteiger partial charge in [0.25, 0.3) is 0 Å². The van der Waals surface area contributed by atoms with Gasteiger partial charge in [-0.05, 0) is 12.0 Å². The van der Waals surface area contributed by atoms with Crippen LogP contribution in [0.4, 0.5) is 0 Å². The van der Waals surface area contributed by atoms with Crippen LogP contribution in [-0.4, -0.2) is 33.9 Å². The van der Waals surface area contributed by atoms with Crippen molar-refractivity contribution in [1.82, 2.24) is 14.8 Å². The lowest BCUT2D eigenvalue weighted by molar-refractivity contribution is -0.118. The summed E-state index contributed by atoms with van der Waals surface area (Å²) in [6, 6.07) is 5.93. The lowest BCUT2D eigenvalue weighted by Crippen LogP contribution is -2.16. The third-order valence-corrected chi connectivity index (χ3v) is 4.96. The van der Waals surface area contributed by atoms with Crippen molar-refractivity contribution in [2.24, 2.45) is 11.7 Å². The van der Waals surface area contributed by atoms with E-state index in [1.54, 1.807) is 11.8 Å². The number of ether oxygens (including phenoxy) is 2. The first-order chi connectivity index (χ1) is 12.5. The van der Waals surface area contributed by atoms with Gasteiger partial charge in [-0.1, -0.05) is 37.7 Å². The minimum absolute atomic E-state index is 0.276. The van der Waals surface area contributed by atoms with E-state index in [1.807, 2.05) is 18.2 Å². The number of nitrogens with two attached hydrogens (primary N) is 1. The molecule has 0 radical (unpaired) electrons. The average molecular weight is 376 g/mol. The van der Waals surface area contributed by atoms with Crippen molar-refractivity contribution in [1.29, 1.82) is 0 Å². The number of rotatable bonds is 8. The number of primary amides is 1. The van der Waals surface area contributed by atoms with Crippen LogP contribution in [0.3, 0.4) is 0 Å². The number of nitrogens with zero attached hydrogens (tertiary/aromatic N) is 3. The van der Waals surface area contributed by atoms with Crippen molar-refractivity contribution >= 4 is 17.7 Å². The summed E-state index contributed by atoms with van der Waals surface area (Å²) in [5, 5.41) is 9.44. The zero-order valence-corrected chi connectivity index (χ0v) is 15.9. The molecule has 140 valence electrons. The van der Waals surface area contributed by atoms with Crippen molar-refractivity contribution in [3.63, 3.8) is 0 Å². The number of thioether (sulfide) groups is 1. The summed E-state index contributed by atoms with van der Waals surface area (Å²) in [5.41, 5.74) is 6.34. The summed E-state index contributed by atoms with van der Waals surface area (Å²) in [4.78, 5) is 11.1. The highest BCUT2D eigenvalue weighted by molar-refractivity contribution is 7.98. The second kappa shape index (κ2) is 8.44. The standard InChI is InChI=1S/C18H24N4O3S/c1-12(2)10-22-16(7-6-15(19)23)20-21-18(22)26-11-13-4-3-5-14-17(13)25-9-8-24-14/h3-5,12H,6-11H2,1-2H3,(H2,19,23). The Bertz CT molecular complexity index is 776. The van der Waals surface area contributed by atoms with Crippen molar-refractivity contribution in [3.8, 4) is 11.5 Å². The van der Waals surface area contributed by atoms with E-state index in [9.17, 15) is 4.79 Å². The molecule has 0 unspecified atom stereocenters. The Morgan fingerprint density at radius 3 is 2.88 bits per heavy atom. The Labute approximate surface area is 157 Å². The highest BCUT2D eigenvalue weighted by Crippen LogP contribution is 2.36. The number of fused-ring (bicyclic) bond motifs is 1. The van der Waals surface area contributed by atoms with Gasteiger partial charge in [0.2, 0.25) is 5.91 Å². The number of carbonyl (C=O) groups is 1. The monoisotopic (exact) mass is 376 g/mol. The molecule has 0 aliphatic carbocycles. The van der Waals surface area contributed by atoms with Gasteiger partial charge in [-0.2, -0.15) is 0 Å². The largest absolute Gasteiger partial charge is 0.486 e. The molecule has 3 rings (SSSR count). The zero-order chi connectivity index (χ0) is 18.5. The van der Waals surface area contributed by atoms with E-state index in [2.05, 4.69) is 28.6 Å². The quantitative estimate of drug-likeness (QED) is 0.711. The van der Waals surface area contributed by atoms with E-state index in [4.69, 9.17) is 15.2 Å². The molecule has 1 amide bonds. The van der Waals surface area contributed by atoms with Crippen LogP contribution in [0.15, 0.2) is 23.4 Å². The van der Waals surface area contributed by atoms with Crippen LogP contribution in [0.5, 0.6) is 11.5 Å². The van der Waals surface area contributed by atoms with E-state index in [1.165, 1.54) is 0 Å². The van der Waals surface area contributed by atoms with Gasteiger partial charge in [0.1, 0.15) is 19.0 Å². The fraction of sp³-hybridized carbons (Fsp3) is 0.500. The predicted molar refractivity (Wildman–Crippen MR) is 99.4 cm³/mol. The van der Waals surface area contributed by atoms with Gasteiger partial charge in [-0.3, -0.25) is 4.79 Å². The number of aromatic nitrogens is 3. The van der Waals surface area contributed by atoms with Crippen LogP contribution in [0, 0.1) is 5.92 Å². The smallest absolute Gasteiger partial charge is 0.217 e. The van der Waals surface area contributed by atoms with Gasteiger partial charge in [0.05, 0.1) is 0 Å². The second-order valence-corrected chi connectivity index (χ2v) is 7.54. The molecule has 0 spiro atoms. The maximum absolute atomic E-state index is 11.1. The van der Waals surface area contributed by atoms with Crippen molar-refractivity contribution in [2.45, 2.75) is 44.1 Å². The zero-order valence-electron chi connectivity index (χ0n) is 15.1. The summed E-state index contributed by atoms with van der Waals surface area (Å²) in [7, 11) is 0. The third kappa shape index (κ3) is 4.49. The van der Waals surface area contributed by atoms with Crippen LogP contribution in [0.2, 0.25) is 0 Å². The first-order valence-electron chi connectivity index (χ1n) is 8.75. The van der Waals surface area contributed by atoms with Crippen LogP contribution in [0.25, 0.3) is 0 Å². The molecular weight excluding hydrogens is 352 g/mol. The molecule has 1 aliphatic rings. The normalized spacial score (nSPS) is 13.2. The van der Waals surface area contributed by atoms with Crippen LogP contribution in [0.1, 0.15) is 31.7 Å². The lowest BCUT2D eigenvalue weighted by Gasteiger charge is -2.20. The minimum atomic E-state index is -0.327. The average Bonchev–Trinajstić information content (AvgIpc) is 2.99. The van der Waals surface area contributed by atoms with E-state index in [0.29, 0.717) is 31.3 Å². The van der Waals surface area contributed by atoms with Gasteiger partial charge in [0, 0.05) is 30.7 Å². The summed E-state index contributed by atoms with van der Waals surface area (Å²) >= 11 is 1.61. The van der Waals surface area contributed by atoms with Gasteiger partial charge in [0.15, 0.2) is 16.7 Å². The molecule has 1 aromatic heterocycles. The molecule has 2 N–H and O–H groups in total. The van der Waals surface area contributed by atoms with Crippen LogP contribution < -0.4 is 15.2 Å². The Morgan fingerprint density at radius 1 is 1.31 bits per heavy atom. The molecule has 8 heteroatoms. The molecule has 7 nitrogen and oxygen atoms in total. The van der Waals surface area contributed by atoms with E-state index >= 15 is 0 Å². The fourth-order valence-electron chi connectivity index (χ4n) is 2.78. The topological polar surface area (TPSA) is 92.3 Å². The molecule has 0 fully saturated rings. The molecule has 26 heavy (non-hydrogen) atoms. The van der Waals surface area contributed by atoms with Crippen LogP contribution in [-0.2, 0) is 23.5 Å². The maximum Gasteiger partial charge on any atom is 0.217 e. The Balaban J connectivity index is 1.76. The predicted octanol–water partition coefficient (Wildman–Crippen LogP) is 2.42. The number of benzene rings is 1. The minimum Gasteiger partial charge on any atom is -0.486 e.